The van der Waals surface area contributed by atoms with E-state index >= 15 is 0 Å². The second-order valence-electron chi connectivity index (χ2n) is 7.07. The molecule has 0 spiro atoms. The SMILES string of the molecule is Fc1ccccc1CN1CCCN(Cc2ccnn2-c2ccccc2)CC1. The van der Waals surface area contributed by atoms with E-state index in [2.05, 4.69) is 33.1 Å². The second kappa shape index (κ2) is 8.46. The number of halogens is 1. The summed E-state index contributed by atoms with van der Waals surface area (Å²) >= 11 is 0. The average Bonchev–Trinajstić information content (AvgIpc) is 3.04. The van der Waals surface area contributed by atoms with E-state index in [-0.39, 0.29) is 5.82 Å². The van der Waals surface area contributed by atoms with Gasteiger partial charge in [0.1, 0.15) is 5.82 Å². The Morgan fingerprint density at radius 1 is 0.778 bits per heavy atom. The van der Waals surface area contributed by atoms with Crippen LogP contribution < -0.4 is 0 Å². The molecule has 2 heterocycles. The molecule has 4 nitrogen and oxygen atoms in total. The lowest BCUT2D eigenvalue weighted by Gasteiger charge is -2.22. The minimum atomic E-state index is -0.106. The van der Waals surface area contributed by atoms with Crippen LogP contribution in [0.15, 0.2) is 66.9 Å². The number of rotatable bonds is 5. The van der Waals surface area contributed by atoms with Crippen LogP contribution in [0.3, 0.4) is 0 Å². The number of hydrogen-bond donors (Lipinski definition) is 0. The van der Waals surface area contributed by atoms with Crippen molar-refractivity contribution in [2.75, 3.05) is 26.2 Å². The molecule has 0 saturated carbocycles. The molecule has 27 heavy (non-hydrogen) atoms. The normalized spacial score (nSPS) is 16.3. The minimum Gasteiger partial charge on any atom is -0.298 e. The number of benzene rings is 2. The second-order valence-corrected chi connectivity index (χ2v) is 7.07. The van der Waals surface area contributed by atoms with E-state index in [0.29, 0.717) is 6.54 Å². The van der Waals surface area contributed by atoms with Gasteiger partial charge in [-0.05, 0) is 43.8 Å². The van der Waals surface area contributed by atoms with Crippen LogP contribution in [0.25, 0.3) is 5.69 Å². The van der Waals surface area contributed by atoms with Crippen molar-refractivity contribution in [3.8, 4) is 5.69 Å². The van der Waals surface area contributed by atoms with E-state index < -0.39 is 0 Å². The molecular formula is C22H25FN4. The molecule has 0 amide bonds. The van der Waals surface area contributed by atoms with Gasteiger partial charge in [0, 0.05) is 37.9 Å². The molecule has 2 aromatic carbocycles. The van der Waals surface area contributed by atoms with Crippen LogP contribution in [0.1, 0.15) is 17.7 Å². The molecule has 1 aliphatic rings. The zero-order chi connectivity index (χ0) is 18.5. The summed E-state index contributed by atoms with van der Waals surface area (Å²) < 4.78 is 15.9. The summed E-state index contributed by atoms with van der Waals surface area (Å²) in [7, 11) is 0. The van der Waals surface area contributed by atoms with E-state index in [9.17, 15) is 4.39 Å². The van der Waals surface area contributed by atoms with Crippen LogP contribution in [0.4, 0.5) is 4.39 Å². The van der Waals surface area contributed by atoms with Crippen molar-refractivity contribution in [3.63, 3.8) is 0 Å². The van der Waals surface area contributed by atoms with Crippen molar-refractivity contribution in [1.29, 1.82) is 0 Å². The quantitative estimate of drug-likeness (QED) is 0.690. The molecule has 0 atom stereocenters. The minimum absolute atomic E-state index is 0.106. The maximum Gasteiger partial charge on any atom is 0.127 e. The van der Waals surface area contributed by atoms with Gasteiger partial charge in [-0.25, -0.2) is 9.07 Å². The first-order chi connectivity index (χ1) is 13.3. The molecule has 1 fully saturated rings. The monoisotopic (exact) mass is 364 g/mol. The number of para-hydroxylation sites is 1. The summed E-state index contributed by atoms with van der Waals surface area (Å²) in [6.45, 7) is 5.55. The van der Waals surface area contributed by atoms with E-state index in [1.54, 1.807) is 12.1 Å². The van der Waals surface area contributed by atoms with Crippen molar-refractivity contribution in [2.45, 2.75) is 19.5 Å². The van der Waals surface area contributed by atoms with Crippen molar-refractivity contribution < 1.29 is 4.39 Å². The Bertz CT molecular complexity index is 862. The topological polar surface area (TPSA) is 24.3 Å². The highest BCUT2D eigenvalue weighted by atomic mass is 19.1. The van der Waals surface area contributed by atoms with Crippen LogP contribution in [0, 0.1) is 5.82 Å². The molecule has 1 aromatic heterocycles. The first-order valence-electron chi connectivity index (χ1n) is 9.56. The van der Waals surface area contributed by atoms with Crippen molar-refractivity contribution in [3.05, 3.63) is 83.9 Å². The Balaban J connectivity index is 1.38. The molecule has 0 radical (unpaired) electrons. The third-order valence-electron chi connectivity index (χ3n) is 5.14. The first-order valence-corrected chi connectivity index (χ1v) is 9.56. The Morgan fingerprint density at radius 3 is 2.26 bits per heavy atom. The van der Waals surface area contributed by atoms with Gasteiger partial charge < -0.3 is 0 Å². The van der Waals surface area contributed by atoms with Gasteiger partial charge in [-0.15, -0.1) is 0 Å². The Labute approximate surface area is 159 Å². The first kappa shape index (κ1) is 17.9. The van der Waals surface area contributed by atoms with Crippen molar-refractivity contribution in [2.24, 2.45) is 0 Å². The number of hydrogen-bond acceptors (Lipinski definition) is 3. The van der Waals surface area contributed by atoms with Crippen molar-refractivity contribution >= 4 is 0 Å². The van der Waals surface area contributed by atoms with Crippen LogP contribution in [0.2, 0.25) is 0 Å². The zero-order valence-corrected chi connectivity index (χ0v) is 15.5. The van der Waals surface area contributed by atoms with E-state index in [0.717, 1.165) is 50.4 Å². The zero-order valence-electron chi connectivity index (χ0n) is 15.5. The number of nitrogens with zero attached hydrogens (tertiary/aromatic N) is 4. The molecule has 140 valence electrons. The predicted molar refractivity (Wildman–Crippen MR) is 105 cm³/mol. The highest BCUT2D eigenvalue weighted by Crippen LogP contribution is 2.15. The van der Waals surface area contributed by atoms with Gasteiger partial charge in [-0.1, -0.05) is 36.4 Å². The fraction of sp³-hybridized carbons (Fsp3) is 0.318. The highest BCUT2D eigenvalue weighted by molar-refractivity contribution is 5.32. The van der Waals surface area contributed by atoms with Gasteiger partial charge in [0.2, 0.25) is 0 Å². The van der Waals surface area contributed by atoms with Crippen LogP contribution >= 0.6 is 0 Å². The predicted octanol–water partition coefficient (Wildman–Crippen LogP) is 3.72. The van der Waals surface area contributed by atoms with Crippen LogP contribution in [0.5, 0.6) is 0 Å². The molecule has 5 heteroatoms. The average molecular weight is 364 g/mol. The fourth-order valence-corrected chi connectivity index (χ4v) is 3.69. The van der Waals surface area contributed by atoms with Gasteiger partial charge in [-0.3, -0.25) is 9.80 Å². The third kappa shape index (κ3) is 4.43. The number of aromatic nitrogens is 2. The van der Waals surface area contributed by atoms with Gasteiger partial charge in [-0.2, -0.15) is 5.10 Å². The summed E-state index contributed by atoms with van der Waals surface area (Å²) in [4.78, 5) is 4.82. The molecule has 4 rings (SSSR count). The van der Waals surface area contributed by atoms with Crippen molar-refractivity contribution in [1.82, 2.24) is 19.6 Å². The summed E-state index contributed by atoms with van der Waals surface area (Å²) in [6.07, 6.45) is 2.96. The van der Waals surface area contributed by atoms with Crippen LogP contribution in [-0.2, 0) is 13.1 Å². The highest BCUT2D eigenvalue weighted by Gasteiger charge is 2.17. The largest absolute Gasteiger partial charge is 0.298 e. The van der Waals surface area contributed by atoms with E-state index in [1.807, 2.05) is 41.2 Å². The van der Waals surface area contributed by atoms with Gasteiger partial charge in [0.25, 0.3) is 0 Å². The lowest BCUT2D eigenvalue weighted by Crippen LogP contribution is -2.31. The van der Waals surface area contributed by atoms with Gasteiger partial charge in [0.05, 0.1) is 11.4 Å². The van der Waals surface area contributed by atoms with Gasteiger partial charge >= 0.3 is 0 Å². The molecule has 0 N–H and O–H groups in total. The summed E-state index contributed by atoms with van der Waals surface area (Å²) in [5, 5.41) is 4.49. The molecule has 0 aliphatic carbocycles. The third-order valence-corrected chi connectivity index (χ3v) is 5.14. The molecule has 1 aliphatic heterocycles. The van der Waals surface area contributed by atoms with Gasteiger partial charge in [0.15, 0.2) is 0 Å². The smallest absolute Gasteiger partial charge is 0.127 e. The summed E-state index contributed by atoms with van der Waals surface area (Å²) in [5.41, 5.74) is 3.07. The summed E-state index contributed by atoms with van der Waals surface area (Å²) in [5.74, 6) is -0.106. The molecule has 1 saturated heterocycles. The Morgan fingerprint density at radius 2 is 1.48 bits per heavy atom. The fourth-order valence-electron chi connectivity index (χ4n) is 3.69. The standard InChI is InChI=1S/C22H25FN4/c23-22-10-5-4-7-19(22)17-25-13-6-14-26(16-15-25)18-21-11-12-24-27(21)20-8-2-1-3-9-20/h1-5,7-12H,6,13-18H2. The lowest BCUT2D eigenvalue weighted by atomic mass is 10.2. The Hall–Kier alpha value is -2.50. The maximum absolute atomic E-state index is 13.9. The summed E-state index contributed by atoms with van der Waals surface area (Å²) in [6, 6.07) is 19.4. The Kier molecular flexibility index (Phi) is 5.61. The van der Waals surface area contributed by atoms with Crippen LogP contribution in [-0.4, -0.2) is 45.8 Å². The van der Waals surface area contributed by atoms with E-state index in [1.165, 1.54) is 5.69 Å². The molecular weight excluding hydrogens is 339 g/mol. The molecule has 0 bridgehead atoms. The maximum atomic E-state index is 13.9. The lowest BCUT2D eigenvalue weighted by molar-refractivity contribution is 0.242. The molecule has 3 aromatic rings. The molecule has 0 unspecified atom stereocenters. The van der Waals surface area contributed by atoms with E-state index in [4.69, 9.17) is 0 Å².